The van der Waals surface area contributed by atoms with Gasteiger partial charge in [0.1, 0.15) is 11.8 Å². The molecule has 1 saturated carbocycles. The van der Waals surface area contributed by atoms with Gasteiger partial charge in [-0.25, -0.2) is 9.97 Å². The Morgan fingerprint density at radius 2 is 2.10 bits per heavy atom. The van der Waals surface area contributed by atoms with Crippen molar-refractivity contribution >= 4 is 5.95 Å². The fourth-order valence-corrected chi connectivity index (χ4v) is 3.69. The van der Waals surface area contributed by atoms with Gasteiger partial charge in [0, 0.05) is 24.8 Å². The highest BCUT2D eigenvalue weighted by molar-refractivity contribution is 5.36. The van der Waals surface area contributed by atoms with E-state index in [1.54, 1.807) is 6.07 Å². The van der Waals surface area contributed by atoms with Crippen molar-refractivity contribution in [1.29, 1.82) is 5.26 Å². The summed E-state index contributed by atoms with van der Waals surface area (Å²) in [5, 5.41) is 9.01. The molecule has 0 bridgehead atoms. The highest BCUT2D eigenvalue weighted by atomic mass is 15.3. The summed E-state index contributed by atoms with van der Waals surface area (Å²) in [4.78, 5) is 11.0. The fourth-order valence-electron chi connectivity index (χ4n) is 3.69. The molecule has 1 saturated heterocycles. The summed E-state index contributed by atoms with van der Waals surface area (Å²) >= 11 is 0. The Hall–Kier alpha value is -1.67. The second-order valence-corrected chi connectivity index (χ2v) is 6.15. The minimum atomic E-state index is 0.346. The molecule has 1 spiro atoms. The lowest BCUT2D eigenvalue weighted by Crippen LogP contribution is -2.47. The fraction of sp³-hybridized carbons (Fsp3) is 0.667. The van der Waals surface area contributed by atoms with E-state index in [1.807, 2.05) is 6.92 Å². The van der Waals surface area contributed by atoms with Gasteiger partial charge in [-0.3, -0.25) is 0 Å². The van der Waals surface area contributed by atoms with Crippen LogP contribution in [0.2, 0.25) is 0 Å². The van der Waals surface area contributed by atoms with Gasteiger partial charge < -0.3 is 10.6 Å². The highest BCUT2D eigenvalue weighted by Crippen LogP contribution is 2.45. The number of hydrogen-bond acceptors (Lipinski definition) is 5. The first-order valence-corrected chi connectivity index (χ1v) is 7.39. The number of aryl methyl sites for hydroxylation is 1. The van der Waals surface area contributed by atoms with Crippen molar-refractivity contribution < 1.29 is 0 Å². The number of piperidine rings is 1. The van der Waals surface area contributed by atoms with Gasteiger partial charge in [-0.2, -0.15) is 5.26 Å². The predicted octanol–water partition coefficient (Wildman–Crippen LogP) is 1.75. The summed E-state index contributed by atoms with van der Waals surface area (Å²) in [7, 11) is 0. The van der Waals surface area contributed by atoms with E-state index in [4.69, 9.17) is 11.0 Å². The summed E-state index contributed by atoms with van der Waals surface area (Å²) in [5.74, 6) is 0.697. The topological polar surface area (TPSA) is 78.8 Å². The summed E-state index contributed by atoms with van der Waals surface area (Å²) in [5.41, 5.74) is 7.95. The highest BCUT2D eigenvalue weighted by Gasteiger charge is 2.43. The molecule has 0 radical (unpaired) electrons. The maximum atomic E-state index is 9.01. The molecule has 5 heteroatoms. The molecular weight excluding hydrogens is 250 g/mol. The van der Waals surface area contributed by atoms with E-state index in [0.717, 1.165) is 31.6 Å². The predicted molar refractivity (Wildman–Crippen MR) is 77.2 cm³/mol. The number of aromatic nitrogens is 2. The van der Waals surface area contributed by atoms with Crippen LogP contribution in [0.5, 0.6) is 0 Å². The molecule has 2 fully saturated rings. The maximum absolute atomic E-state index is 9.01. The van der Waals surface area contributed by atoms with Crippen LogP contribution >= 0.6 is 0 Å². The molecule has 1 aromatic heterocycles. The molecule has 20 heavy (non-hydrogen) atoms. The van der Waals surface area contributed by atoms with E-state index in [1.165, 1.54) is 19.3 Å². The normalized spacial score (nSPS) is 24.9. The van der Waals surface area contributed by atoms with Gasteiger partial charge in [0.25, 0.3) is 0 Å². The molecule has 0 amide bonds. The van der Waals surface area contributed by atoms with Crippen LogP contribution in [0.4, 0.5) is 5.95 Å². The van der Waals surface area contributed by atoms with E-state index >= 15 is 0 Å². The Labute approximate surface area is 119 Å². The Balaban J connectivity index is 1.75. The van der Waals surface area contributed by atoms with Gasteiger partial charge in [-0.15, -0.1) is 0 Å². The maximum Gasteiger partial charge on any atom is 0.226 e. The first-order chi connectivity index (χ1) is 9.63. The Kier molecular flexibility index (Phi) is 3.35. The summed E-state index contributed by atoms with van der Waals surface area (Å²) < 4.78 is 0. The average Bonchev–Trinajstić information content (AvgIpc) is 2.80. The number of anilines is 1. The second kappa shape index (κ2) is 5.02. The van der Waals surface area contributed by atoms with E-state index in [-0.39, 0.29) is 0 Å². The van der Waals surface area contributed by atoms with Crippen LogP contribution < -0.4 is 10.6 Å². The third-order valence-corrected chi connectivity index (χ3v) is 4.98. The molecule has 2 N–H and O–H groups in total. The van der Waals surface area contributed by atoms with Gasteiger partial charge in [0.2, 0.25) is 5.95 Å². The zero-order chi connectivity index (χ0) is 14.2. The molecule has 1 aromatic rings. The molecule has 5 nitrogen and oxygen atoms in total. The number of nitrogens with two attached hydrogens (primary N) is 1. The van der Waals surface area contributed by atoms with Crippen molar-refractivity contribution in [3.8, 4) is 6.07 Å². The van der Waals surface area contributed by atoms with Crippen molar-refractivity contribution in [2.24, 2.45) is 11.1 Å². The number of nitriles is 1. The van der Waals surface area contributed by atoms with Crippen LogP contribution in [-0.4, -0.2) is 29.1 Å². The van der Waals surface area contributed by atoms with Crippen LogP contribution in [0.3, 0.4) is 0 Å². The molecule has 1 aliphatic carbocycles. The van der Waals surface area contributed by atoms with Crippen molar-refractivity contribution in [1.82, 2.24) is 9.97 Å². The molecule has 0 aromatic carbocycles. The lowest BCUT2D eigenvalue weighted by atomic mass is 9.74. The zero-order valence-electron chi connectivity index (χ0n) is 12.0. The SMILES string of the molecule is Cc1cc(C#N)nc(N2CCC3(CCC[C@H]3N)CC2)n1. The van der Waals surface area contributed by atoms with Gasteiger partial charge >= 0.3 is 0 Å². The Morgan fingerprint density at radius 3 is 2.70 bits per heavy atom. The van der Waals surface area contributed by atoms with Crippen LogP contribution in [0.1, 0.15) is 43.5 Å². The zero-order valence-corrected chi connectivity index (χ0v) is 12.0. The minimum absolute atomic E-state index is 0.346. The van der Waals surface area contributed by atoms with Gasteiger partial charge in [-0.1, -0.05) is 6.42 Å². The van der Waals surface area contributed by atoms with E-state index in [2.05, 4.69) is 20.9 Å². The molecular formula is C15H21N5. The van der Waals surface area contributed by atoms with Crippen LogP contribution in [-0.2, 0) is 0 Å². The Morgan fingerprint density at radius 1 is 1.35 bits per heavy atom. The average molecular weight is 271 g/mol. The molecule has 0 unspecified atom stereocenters. The number of hydrogen-bond donors (Lipinski definition) is 1. The minimum Gasteiger partial charge on any atom is -0.341 e. The van der Waals surface area contributed by atoms with Crippen LogP contribution in [0, 0.1) is 23.7 Å². The largest absolute Gasteiger partial charge is 0.341 e. The van der Waals surface area contributed by atoms with Gasteiger partial charge in [0.05, 0.1) is 0 Å². The van der Waals surface area contributed by atoms with Crippen molar-refractivity contribution in [2.45, 2.75) is 45.1 Å². The molecule has 106 valence electrons. The summed E-state index contributed by atoms with van der Waals surface area (Å²) in [6.45, 7) is 3.80. The van der Waals surface area contributed by atoms with Gasteiger partial charge in [0.15, 0.2) is 0 Å². The molecule has 2 aliphatic rings. The van der Waals surface area contributed by atoms with Crippen molar-refractivity contribution in [3.63, 3.8) is 0 Å². The van der Waals surface area contributed by atoms with E-state index in [9.17, 15) is 0 Å². The van der Waals surface area contributed by atoms with Crippen molar-refractivity contribution in [3.05, 3.63) is 17.5 Å². The van der Waals surface area contributed by atoms with Gasteiger partial charge in [-0.05, 0) is 44.1 Å². The summed E-state index contributed by atoms with van der Waals surface area (Å²) in [6.07, 6.45) is 5.93. The van der Waals surface area contributed by atoms with Crippen LogP contribution in [0.25, 0.3) is 0 Å². The molecule has 1 atom stereocenters. The van der Waals surface area contributed by atoms with E-state index in [0.29, 0.717) is 23.1 Å². The van der Waals surface area contributed by atoms with Crippen molar-refractivity contribution in [2.75, 3.05) is 18.0 Å². The molecule has 3 rings (SSSR count). The monoisotopic (exact) mass is 271 g/mol. The first-order valence-electron chi connectivity index (χ1n) is 7.39. The molecule has 1 aliphatic heterocycles. The second-order valence-electron chi connectivity index (χ2n) is 6.15. The third-order valence-electron chi connectivity index (χ3n) is 4.98. The standard InChI is InChI=1S/C15H21N5/c1-11-9-12(10-16)19-14(18-11)20-7-5-15(6-8-20)4-2-3-13(15)17/h9,13H,2-8,17H2,1H3/t13-/m1/s1. The van der Waals surface area contributed by atoms with E-state index < -0.39 is 0 Å². The molecule has 2 heterocycles. The Bertz CT molecular complexity index is 540. The summed E-state index contributed by atoms with van der Waals surface area (Å²) in [6, 6.07) is 4.19. The number of nitrogens with zero attached hydrogens (tertiary/aromatic N) is 4. The number of rotatable bonds is 1. The third kappa shape index (κ3) is 2.25. The smallest absolute Gasteiger partial charge is 0.226 e. The lowest BCUT2D eigenvalue weighted by Gasteiger charge is -2.42. The van der Waals surface area contributed by atoms with Crippen LogP contribution in [0.15, 0.2) is 6.07 Å². The quantitative estimate of drug-likeness (QED) is 0.842. The first kappa shape index (κ1) is 13.3. The lowest BCUT2D eigenvalue weighted by molar-refractivity contribution is 0.197.